The number of thiophene rings is 1. The molecule has 0 saturated heterocycles. The summed E-state index contributed by atoms with van der Waals surface area (Å²) >= 11 is 1.26. The number of carbonyl (C=O) groups excluding carboxylic acids is 3. The zero-order chi connectivity index (χ0) is 22.0. The number of hydrogen-bond donors (Lipinski definition) is 1. The number of carbonyl (C=O) groups is 3. The summed E-state index contributed by atoms with van der Waals surface area (Å²) in [5.41, 5.74) is 2.56. The fourth-order valence-electron chi connectivity index (χ4n) is 3.02. The van der Waals surface area contributed by atoms with Gasteiger partial charge in [-0.3, -0.25) is 14.3 Å². The van der Waals surface area contributed by atoms with E-state index in [4.69, 9.17) is 4.74 Å². The Labute approximate surface area is 178 Å². The highest BCUT2D eigenvalue weighted by molar-refractivity contribution is 7.20. The molecule has 2 amide bonds. The number of likely N-dealkylation sites (N-methyl/N-ethyl adjacent to an activating group) is 1. The van der Waals surface area contributed by atoms with Gasteiger partial charge in [0.05, 0.1) is 12.2 Å². The molecule has 0 spiro atoms. The number of aromatic nitrogens is 2. The lowest BCUT2D eigenvalue weighted by Crippen LogP contribution is -2.41. The lowest BCUT2D eigenvalue weighted by atomic mass is 10.2. The lowest BCUT2D eigenvalue weighted by molar-refractivity contribution is -0.140. The lowest BCUT2D eigenvalue weighted by Gasteiger charge is -2.21. The van der Waals surface area contributed by atoms with Gasteiger partial charge in [0.15, 0.2) is 6.10 Å². The summed E-state index contributed by atoms with van der Waals surface area (Å²) in [5.74, 6) is -1.36. The van der Waals surface area contributed by atoms with Crippen molar-refractivity contribution in [1.82, 2.24) is 14.7 Å². The summed E-state index contributed by atoms with van der Waals surface area (Å²) in [6.07, 6.45) is -1.01. The van der Waals surface area contributed by atoms with Crippen molar-refractivity contribution in [2.45, 2.75) is 26.9 Å². The van der Waals surface area contributed by atoms with Gasteiger partial charge < -0.3 is 15.0 Å². The molecule has 0 aliphatic carbocycles. The monoisotopic (exact) mass is 428 g/mol. The third-order valence-electron chi connectivity index (χ3n) is 4.62. The van der Waals surface area contributed by atoms with Gasteiger partial charge in [-0.1, -0.05) is 17.7 Å². The van der Waals surface area contributed by atoms with Crippen LogP contribution in [0.5, 0.6) is 0 Å². The molecule has 30 heavy (non-hydrogen) atoms. The second-order valence-electron chi connectivity index (χ2n) is 7.19. The van der Waals surface area contributed by atoms with Crippen LogP contribution in [0.4, 0.5) is 5.69 Å². The number of aryl methyl sites for hydroxylation is 3. The van der Waals surface area contributed by atoms with Gasteiger partial charge in [0.1, 0.15) is 9.71 Å². The van der Waals surface area contributed by atoms with E-state index in [2.05, 4.69) is 10.4 Å². The van der Waals surface area contributed by atoms with E-state index < -0.39 is 18.0 Å². The minimum absolute atomic E-state index is 0.150. The minimum Gasteiger partial charge on any atom is -0.448 e. The van der Waals surface area contributed by atoms with Crippen LogP contribution in [0.3, 0.4) is 0 Å². The zero-order valence-corrected chi connectivity index (χ0v) is 18.4. The molecule has 0 aliphatic rings. The van der Waals surface area contributed by atoms with E-state index >= 15 is 0 Å². The van der Waals surface area contributed by atoms with Gasteiger partial charge in [-0.2, -0.15) is 5.10 Å². The van der Waals surface area contributed by atoms with Crippen molar-refractivity contribution in [3.8, 4) is 0 Å². The molecule has 158 valence electrons. The van der Waals surface area contributed by atoms with E-state index in [0.29, 0.717) is 10.6 Å². The topological polar surface area (TPSA) is 93.5 Å². The summed E-state index contributed by atoms with van der Waals surface area (Å²) in [6, 6.07) is 9.08. The fraction of sp³-hybridized carbons (Fsp3) is 0.333. The van der Waals surface area contributed by atoms with Crippen LogP contribution in [0.2, 0.25) is 0 Å². The molecule has 0 bridgehead atoms. The molecule has 9 heteroatoms. The van der Waals surface area contributed by atoms with Crippen LogP contribution in [0.1, 0.15) is 27.9 Å². The number of rotatable bonds is 6. The summed E-state index contributed by atoms with van der Waals surface area (Å²) in [4.78, 5) is 39.7. The Balaban J connectivity index is 1.56. The van der Waals surface area contributed by atoms with Gasteiger partial charge in [-0.15, -0.1) is 11.3 Å². The van der Waals surface area contributed by atoms with Crippen LogP contribution in [-0.2, 0) is 21.4 Å². The van der Waals surface area contributed by atoms with E-state index in [1.807, 2.05) is 33.0 Å². The van der Waals surface area contributed by atoms with Crippen LogP contribution < -0.4 is 5.32 Å². The van der Waals surface area contributed by atoms with Gasteiger partial charge >= 0.3 is 5.97 Å². The second-order valence-corrected chi connectivity index (χ2v) is 8.23. The number of nitrogens with zero attached hydrogens (tertiary/aromatic N) is 3. The van der Waals surface area contributed by atoms with E-state index in [1.165, 1.54) is 30.2 Å². The van der Waals surface area contributed by atoms with Gasteiger partial charge in [0.2, 0.25) is 5.91 Å². The molecule has 3 rings (SSSR count). The summed E-state index contributed by atoms with van der Waals surface area (Å²) < 4.78 is 7.04. The van der Waals surface area contributed by atoms with Crippen molar-refractivity contribution in [3.63, 3.8) is 0 Å². The molecular formula is C21H24N4O4S. The SMILES string of the molecule is Cc1ccc(NC(=O)CN(C)C(=O)C(C)OC(=O)c2cc3c(C)nn(C)c3s2)cc1. The largest absolute Gasteiger partial charge is 0.448 e. The quantitative estimate of drug-likeness (QED) is 0.610. The molecule has 1 aromatic carbocycles. The maximum Gasteiger partial charge on any atom is 0.349 e. The van der Waals surface area contributed by atoms with Gasteiger partial charge in [0.25, 0.3) is 5.91 Å². The second kappa shape index (κ2) is 8.66. The number of nitrogens with one attached hydrogen (secondary N) is 1. The third-order valence-corrected chi connectivity index (χ3v) is 5.80. The molecular weight excluding hydrogens is 404 g/mol. The van der Waals surface area contributed by atoms with E-state index in [1.54, 1.807) is 22.9 Å². The fourth-order valence-corrected chi connectivity index (χ4v) is 4.02. The molecule has 1 unspecified atom stereocenters. The highest BCUT2D eigenvalue weighted by Gasteiger charge is 2.25. The first-order chi connectivity index (χ1) is 14.2. The Morgan fingerprint density at radius 1 is 1.23 bits per heavy atom. The van der Waals surface area contributed by atoms with Crippen molar-refractivity contribution in [2.24, 2.45) is 7.05 Å². The van der Waals surface area contributed by atoms with Crippen LogP contribution in [0, 0.1) is 13.8 Å². The highest BCUT2D eigenvalue weighted by Crippen LogP contribution is 2.28. The summed E-state index contributed by atoms with van der Waals surface area (Å²) in [5, 5.41) is 7.92. The van der Waals surface area contributed by atoms with Gasteiger partial charge in [0, 0.05) is 25.2 Å². The van der Waals surface area contributed by atoms with E-state index in [0.717, 1.165) is 21.5 Å². The first kappa shape index (κ1) is 21.5. The van der Waals surface area contributed by atoms with Crippen molar-refractivity contribution < 1.29 is 19.1 Å². The van der Waals surface area contributed by atoms with Crippen LogP contribution in [-0.4, -0.2) is 52.2 Å². The minimum atomic E-state index is -1.01. The van der Waals surface area contributed by atoms with Crippen molar-refractivity contribution >= 4 is 45.0 Å². The number of amides is 2. The maximum atomic E-state index is 12.5. The predicted octanol–water partition coefficient (Wildman–Crippen LogP) is 2.89. The molecule has 1 N–H and O–H groups in total. The first-order valence-corrected chi connectivity index (χ1v) is 10.2. The number of esters is 1. The summed E-state index contributed by atoms with van der Waals surface area (Å²) in [7, 11) is 3.31. The Hall–Kier alpha value is -3.20. The first-order valence-electron chi connectivity index (χ1n) is 9.41. The van der Waals surface area contributed by atoms with E-state index in [9.17, 15) is 14.4 Å². The average molecular weight is 429 g/mol. The molecule has 2 heterocycles. The zero-order valence-electron chi connectivity index (χ0n) is 17.6. The molecule has 2 aromatic heterocycles. The molecule has 0 radical (unpaired) electrons. The Morgan fingerprint density at radius 3 is 2.53 bits per heavy atom. The molecule has 1 atom stereocenters. The summed E-state index contributed by atoms with van der Waals surface area (Å²) in [6.45, 7) is 5.17. The Morgan fingerprint density at radius 2 is 1.90 bits per heavy atom. The number of hydrogen-bond acceptors (Lipinski definition) is 6. The Kier molecular flexibility index (Phi) is 6.21. The highest BCUT2D eigenvalue weighted by atomic mass is 32.1. The van der Waals surface area contributed by atoms with Gasteiger partial charge in [-0.05, 0) is 39.0 Å². The normalized spacial score (nSPS) is 11.9. The Bertz CT molecular complexity index is 1070. The van der Waals surface area contributed by atoms with Gasteiger partial charge in [-0.25, -0.2) is 4.79 Å². The molecule has 8 nitrogen and oxygen atoms in total. The smallest absolute Gasteiger partial charge is 0.349 e. The van der Waals surface area contributed by atoms with Crippen molar-refractivity contribution in [2.75, 3.05) is 18.9 Å². The molecule has 3 aromatic rings. The standard InChI is InChI=1S/C21H24N4O4S/c1-12-6-8-15(9-7-12)22-18(26)11-24(4)19(27)14(3)29-21(28)17-10-16-13(2)23-25(5)20(16)30-17/h6-10,14H,11H2,1-5H3,(H,22,26). The molecule has 0 aliphatic heterocycles. The third kappa shape index (κ3) is 4.68. The van der Waals surface area contributed by atoms with E-state index in [-0.39, 0.29) is 12.5 Å². The average Bonchev–Trinajstić information content (AvgIpc) is 3.24. The molecule has 0 fully saturated rings. The number of benzene rings is 1. The molecule has 0 saturated carbocycles. The predicted molar refractivity (Wildman–Crippen MR) is 116 cm³/mol. The number of fused-ring (bicyclic) bond motifs is 1. The van der Waals surface area contributed by atoms with Crippen LogP contribution in [0.15, 0.2) is 30.3 Å². The maximum absolute atomic E-state index is 12.5. The van der Waals surface area contributed by atoms with Crippen molar-refractivity contribution in [1.29, 1.82) is 0 Å². The van der Waals surface area contributed by atoms with Crippen LogP contribution in [0.25, 0.3) is 10.2 Å². The number of anilines is 1. The van der Waals surface area contributed by atoms with Crippen LogP contribution >= 0.6 is 11.3 Å². The van der Waals surface area contributed by atoms with Crippen molar-refractivity contribution in [3.05, 3.63) is 46.5 Å². The number of ether oxygens (including phenoxy) is 1.